The fraction of sp³-hybridized carbons (Fsp3) is 0.500. The molecule has 3 heterocycles. The van der Waals surface area contributed by atoms with Gasteiger partial charge in [0.1, 0.15) is 0 Å². The average Bonchev–Trinajstić information content (AvgIpc) is 3.42. The number of carbonyl (C=O) groups is 1. The third-order valence-electron chi connectivity index (χ3n) is 5.52. The van der Waals surface area contributed by atoms with Crippen molar-refractivity contribution in [1.29, 1.82) is 0 Å². The lowest BCUT2D eigenvalue weighted by atomic mass is 10.0. The minimum Gasteiger partial charge on any atom is -0.349 e. The second kappa shape index (κ2) is 9.18. The lowest BCUT2D eigenvalue weighted by Crippen LogP contribution is -2.51. The Morgan fingerprint density at radius 3 is 2.71 bits per heavy atom. The quantitative estimate of drug-likeness (QED) is 0.807. The summed E-state index contributed by atoms with van der Waals surface area (Å²) < 4.78 is 11.5. The fourth-order valence-electron chi connectivity index (χ4n) is 4.04. The number of hydrogen-bond donors (Lipinski definition) is 1. The molecule has 1 aromatic heterocycles. The van der Waals surface area contributed by atoms with Crippen LogP contribution in [0.1, 0.15) is 41.3 Å². The van der Waals surface area contributed by atoms with Gasteiger partial charge >= 0.3 is 0 Å². The van der Waals surface area contributed by atoms with E-state index in [9.17, 15) is 4.79 Å². The number of piperidine rings is 1. The Morgan fingerprint density at radius 1 is 1.21 bits per heavy atom. The van der Waals surface area contributed by atoms with Crippen molar-refractivity contribution in [3.8, 4) is 0 Å². The summed E-state index contributed by atoms with van der Waals surface area (Å²) in [6.45, 7) is 4.66. The number of ether oxygens (including phenoxy) is 2. The Morgan fingerprint density at radius 2 is 2.00 bits per heavy atom. The van der Waals surface area contributed by atoms with Gasteiger partial charge in [0.05, 0.1) is 31.8 Å². The molecule has 150 valence electrons. The molecule has 2 atom stereocenters. The third kappa shape index (κ3) is 4.63. The molecule has 1 aromatic carbocycles. The number of benzene rings is 1. The lowest BCUT2D eigenvalue weighted by molar-refractivity contribution is -0.131. The van der Waals surface area contributed by atoms with Crippen LogP contribution in [0.15, 0.2) is 41.8 Å². The first-order valence-corrected chi connectivity index (χ1v) is 11.0. The lowest BCUT2D eigenvalue weighted by Gasteiger charge is -2.37. The van der Waals surface area contributed by atoms with E-state index in [0.29, 0.717) is 19.8 Å². The Balaban J connectivity index is 1.45. The Bertz CT molecular complexity index is 757. The SMILES string of the molecule is Cc1ccc(C(NC(=O)CN2CCCCC2C2OCCO2)c2cccs2)cc1. The summed E-state index contributed by atoms with van der Waals surface area (Å²) >= 11 is 1.67. The summed E-state index contributed by atoms with van der Waals surface area (Å²) in [4.78, 5) is 16.4. The van der Waals surface area contributed by atoms with Crippen LogP contribution in [0.4, 0.5) is 0 Å². The number of aryl methyl sites for hydroxylation is 1. The van der Waals surface area contributed by atoms with Crippen LogP contribution in [0, 0.1) is 6.92 Å². The van der Waals surface area contributed by atoms with E-state index >= 15 is 0 Å². The highest BCUT2D eigenvalue weighted by Crippen LogP contribution is 2.27. The van der Waals surface area contributed by atoms with E-state index in [-0.39, 0.29) is 24.3 Å². The number of hydrogen-bond acceptors (Lipinski definition) is 5. The van der Waals surface area contributed by atoms with Gasteiger partial charge in [0, 0.05) is 4.88 Å². The topological polar surface area (TPSA) is 50.8 Å². The van der Waals surface area contributed by atoms with Crippen LogP contribution in [0.25, 0.3) is 0 Å². The molecule has 5 nitrogen and oxygen atoms in total. The fourth-order valence-corrected chi connectivity index (χ4v) is 4.85. The Kier molecular flexibility index (Phi) is 6.42. The van der Waals surface area contributed by atoms with Crippen LogP contribution in [0.2, 0.25) is 0 Å². The van der Waals surface area contributed by atoms with Crippen LogP contribution >= 0.6 is 11.3 Å². The van der Waals surface area contributed by atoms with Crippen LogP contribution in [0.3, 0.4) is 0 Å². The summed E-state index contributed by atoms with van der Waals surface area (Å²) in [7, 11) is 0. The molecule has 2 unspecified atom stereocenters. The number of carbonyl (C=O) groups excluding carboxylic acids is 1. The standard InChI is InChI=1S/C22H28N2O3S/c1-16-7-9-17(10-8-16)21(19-6-4-14-28-19)23-20(25)15-24-11-3-2-5-18(24)22-26-12-13-27-22/h4,6-10,14,18,21-22H,2-3,5,11-13,15H2,1H3,(H,23,25). The van der Waals surface area contributed by atoms with Gasteiger partial charge < -0.3 is 14.8 Å². The van der Waals surface area contributed by atoms with E-state index in [1.54, 1.807) is 11.3 Å². The van der Waals surface area contributed by atoms with Crippen molar-refractivity contribution in [3.05, 3.63) is 57.8 Å². The maximum absolute atomic E-state index is 13.0. The highest BCUT2D eigenvalue weighted by molar-refractivity contribution is 7.10. The highest BCUT2D eigenvalue weighted by Gasteiger charge is 2.34. The van der Waals surface area contributed by atoms with E-state index < -0.39 is 0 Å². The maximum atomic E-state index is 13.0. The molecule has 6 heteroatoms. The second-order valence-corrected chi connectivity index (χ2v) is 8.55. The molecule has 2 aromatic rings. The van der Waals surface area contributed by atoms with Crippen molar-refractivity contribution in [1.82, 2.24) is 10.2 Å². The summed E-state index contributed by atoms with van der Waals surface area (Å²) in [6.07, 6.45) is 3.10. The van der Waals surface area contributed by atoms with Crippen molar-refractivity contribution in [2.75, 3.05) is 26.3 Å². The number of thiophene rings is 1. The van der Waals surface area contributed by atoms with Crippen LogP contribution in [0.5, 0.6) is 0 Å². The summed E-state index contributed by atoms with van der Waals surface area (Å²) in [5, 5.41) is 5.32. The smallest absolute Gasteiger partial charge is 0.234 e. The van der Waals surface area contributed by atoms with Crippen molar-refractivity contribution in [2.45, 2.75) is 44.6 Å². The number of nitrogens with one attached hydrogen (secondary N) is 1. The molecular formula is C22H28N2O3S. The molecule has 0 saturated carbocycles. The summed E-state index contributed by atoms with van der Waals surface area (Å²) in [5.41, 5.74) is 2.33. The number of likely N-dealkylation sites (tertiary alicyclic amines) is 1. The number of rotatable bonds is 6. The molecule has 4 rings (SSSR count). The van der Waals surface area contributed by atoms with Gasteiger partial charge in [0.15, 0.2) is 6.29 Å². The maximum Gasteiger partial charge on any atom is 0.234 e. The molecule has 28 heavy (non-hydrogen) atoms. The van der Waals surface area contributed by atoms with Gasteiger partial charge in [-0.05, 0) is 43.3 Å². The highest BCUT2D eigenvalue weighted by atomic mass is 32.1. The van der Waals surface area contributed by atoms with E-state index in [4.69, 9.17) is 9.47 Å². The Labute approximate surface area is 170 Å². The molecule has 2 fully saturated rings. The largest absolute Gasteiger partial charge is 0.349 e. The van der Waals surface area contributed by atoms with Crippen molar-refractivity contribution in [2.24, 2.45) is 0 Å². The molecule has 0 bridgehead atoms. The van der Waals surface area contributed by atoms with Crippen molar-refractivity contribution in [3.63, 3.8) is 0 Å². The average molecular weight is 401 g/mol. The van der Waals surface area contributed by atoms with Gasteiger partial charge in [-0.1, -0.05) is 42.3 Å². The van der Waals surface area contributed by atoms with Gasteiger partial charge in [-0.2, -0.15) is 0 Å². The molecule has 1 amide bonds. The van der Waals surface area contributed by atoms with E-state index in [1.807, 2.05) is 6.07 Å². The minimum atomic E-state index is -0.196. The molecule has 0 spiro atoms. The van der Waals surface area contributed by atoms with Gasteiger partial charge in [-0.25, -0.2) is 0 Å². The molecule has 2 saturated heterocycles. The minimum absolute atomic E-state index is 0.0453. The first kappa shape index (κ1) is 19.6. The molecule has 2 aliphatic rings. The third-order valence-corrected chi connectivity index (χ3v) is 6.45. The zero-order valence-electron chi connectivity index (χ0n) is 16.3. The van der Waals surface area contributed by atoms with Gasteiger partial charge in [-0.15, -0.1) is 11.3 Å². The van der Waals surface area contributed by atoms with Crippen LogP contribution in [-0.2, 0) is 14.3 Å². The molecule has 0 aliphatic carbocycles. The predicted molar refractivity (Wildman–Crippen MR) is 110 cm³/mol. The molecular weight excluding hydrogens is 372 g/mol. The van der Waals surface area contributed by atoms with E-state index in [0.717, 1.165) is 36.2 Å². The Hall–Kier alpha value is -1.73. The van der Waals surface area contributed by atoms with Crippen LogP contribution in [-0.4, -0.2) is 49.4 Å². The van der Waals surface area contributed by atoms with E-state index in [2.05, 4.69) is 52.9 Å². The zero-order valence-corrected chi connectivity index (χ0v) is 17.1. The first-order chi connectivity index (χ1) is 13.7. The van der Waals surface area contributed by atoms with E-state index in [1.165, 1.54) is 5.56 Å². The van der Waals surface area contributed by atoms with Gasteiger partial charge in [0.25, 0.3) is 0 Å². The van der Waals surface area contributed by atoms with Gasteiger partial charge in [0.2, 0.25) is 5.91 Å². The van der Waals surface area contributed by atoms with Crippen LogP contribution < -0.4 is 5.32 Å². The summed E-state index contributed by atoms with van der Waals surface area (Å²) in [6, 6.07) is 12.6. The zero-order chi connectivity index (χ0) is 19.3. The number of nitrogens with zero attached hydrogens (tertiary/aromatic N) is 1. The first-order valence-electron chi connectivity index (χ1n) is 10.1. The summed E-state index contributed by atoms with van der Waals surface area (Å²) in [5.74, 6) is 0.0453. The molecule has 1 N–H and O–H groups in total. The predicted octanol–water partition coefficient (Wildman–Crippen LogP) is 3.49. The van der Waals surface area contributed by atoms with Gasteiger partial charge in [-0.3, -0.25) is 9.69 Å². The molecule has 2 aliphatic heterocycles. The normalized spacial score (nSPS) is 22.2. The number of amides is 1. The molecule has 0 radical (unpaired) electrons. The second-order valence-electron chi connectivity index (χ2n) is 7.57. The van der Waals surface area contributed by atoms with Crippen molar-refractivity contribution >= 4 is 17.2 Å². The van der Waals surface area contributed by atoms with Crippen molar-refractivity contribution < 1.29 is 14.3 Å². The monoisotopic (exact) mass is 400 g/mol.